The Bertz CT molecular complexity index is 686. The van der Waals surface area contributed by atoms with Gasteiger partial charge in [-0.05, 0) is 12.8 Å². The minimum atomic E-state index is -4.50. The van der Waals surface area contributed by atoms with Crippen molar-refractivity contribution >= 4 is 13.8 Å². The summed E-state index contributed by atoms with van der Waals surface area (Å²) in [6, 6.07) is 0. The lowest BCUT2D eigenvalue weighted by Crippen LogP contribution is -2.37. The van der Waals surface area contributed by atoms with Gasteiger partial charge >= 0.3 is 5.97 Å². The third kappa shape index (κ3) is 32.9. The Morgan fingerprint density at radius 3 is 1.50 bits per heavy atom. The van der Waals surface area contributed by atoms with E-state index in [2.05, 4.69) is 13.8 Å². The highest BCUT2D eigenvalue weighted by Gasteiger charge is 2.20. The number of hydrogen-bond donors (Lipinski definition) is 0. The highest BCUT2D eigenvalue weighted by atomic mass is 31.2. The normalized spacial score (nSPS) is 14.0. The number of hydrogen-bond acceptors (Lipinski definition) is 7. The van der Waals surface area contributed by atoms with E-state index < -0.39 is 13.9 Å². The number of unbranched alkanes of at least 4 members (excludes halogenated alkanes) is 20. The number of likely N-dealkylation sites (N-methyl/N-ethyl adjacent to an activating group) is 1. The lowest BCUT2D eigenvalue weighted by Gasteiger charge is -2.28. The summed E-state index contributed by atoms with van der Waals surface area (Å²) in [4.78, 5) is 24.8. The maximum Gasteiger partial charge on any atom is 0.306 e. The standard InChI is InChI=1S/C35H72NO7P/c1-6-8-10-12-14-16-17-18-19-20-21-22-24-26-28-35(37)43-34(32-40-30-27-25-23-15-13-11-9-7-2)33-42-44(38,39)41-31-29-36(3,4)5/h34H,6-33H2,1-5H3. The third-order valence-electron chi connectivity index (χ3n) is 7.91. The molecule has 0 aliphatic rings. The molecule has 0 radical (unpaired) electrons. The molecule has 0 spiro atoms. The van der Waals surface area contributed by atoms with E-state index in [9.17, 15) is 14.3 Å². The number of rotatable bonds is 34. The van der Waals surface area contributed by atoms with Crippen LogP contribution in [0, 0.1) is 0 Å². The first-order valence-electron chi connectivity index (χ1n) is 18.3. The average Bonchev–Trinajstić information content (AvgIpc) is 2.96. The molecule has 0 saturated heterocycles. The lowest BCUT2D eigenvalue weighted by molar-refractivity contribution is -0.870. The average molecular weight is 650 g/mol. The van der Waals surface area contributed by atoms with Crippen molar-refractivity contribution in [2.24, 2.45) is 0 Å². The first-order valence-corrected chi connectivity index (χ1v) is 19.7. The Morgan fingerprint density at radius 1 is 0.614 bits per heavy atom. The van der Waals surface area contributed by atoms with Gasteiger partial charge in [0.1, 0.15) is 19.3 Å². The van der Waals surface area contributed by atoms with E-state index in [0.29, 0.717) is 24.1 Å². The molecule has 0 N–H and O–H groups in total. The molecule has 0 aromatic rings. The van der Waals surface area contributed by atoms with Crippen LogP contribution in [0.5, 0.6) is 0 Å². The van der Waals surface area contributed by atoms with Crippen LogP contribution in [-0.2, 0) is 27.9 Å². The molecule has 264 valence electrons. The Hall–Kier alpha value is -0.500. The fourth-order valence-electron chi connectivity index (χ4n) is 5.02. The second-order valence-electron chi connectivity index (χ2n) is 13.6. The molecule has 2 unspecified atom stereocenters. The van der Waals surface area contributed by atoms with Crippen LogP contribution in [0.1, 0.15) is 162 Å². The SMILES string of the molecule is CCCCCCCCCCCCCCCCC(=O)OC(COCCCCCCCCCC)COP(=O)([O-])OCC[N+](C)(C)C. The highest BCUT2D eigenvalue weighted by molar-refractivity contribution is 7.45. The van der Waals surface area contributed by atoms with Crippen molar-refractivity contribution in [2.75, 3.05) is 54.1 Å². The van der Waals surface area contributed by atoms with Crippen LogP contribution in [0.2, 0.25) is 0 Å². The molecule has 0 heterocycles. The molecule has 44 heavy (non-hydrogen) atoms. The Morgan fingerprint density at radius 2 is 1.05 bits per heavy atom. The van der Waals surface area contributed by atoms with Crippen molar-refractivity contribution in [3.8, 4) is 0 Å². The number of carbonyl (C=O) groups excluding carboxylic acids is 1. The van der Waals surface area contributed by atoms with E-state index in [1.165, 1.54) is 109 Å². The zero-order chi connectivity index (χ0) is 32.8. The topological polar surface area (TPSA) is 94.1 Å². The zero-order valence-corrected chi connectivity index (χ0v) is 30.5. The maximum atomic E-state index is 12.5. The number of phosphoric ester groups is 1. The summed E-state index contributed by atoms with van der Waals surface area (Å²) in [5.74, 6) is -0.333. The van der Waals surface area contributed by atoms with Gasteiger partial charge in [0.2, 0.25) is 0 Å². The van der Waals surface area contributed by atoms with Crippen molar-refractivity contribution in [3.05, 3.63) is 0 Å². The van der Waals surface area contributed by atoms with Crippen molar-refractivity contribution in [2.45, 2.75) is 168 Å². The number of nitrogens with zero attached hydrogens (tertiary/aromatic N) is 1. The maximum absolute atomic E-state index is 12.5. The lowest BCUT2D eigenvalue weighted by atomic mass is 10.0. The van der Waals surface area contributed by atoms with Crippen molar-refractivity contribution in [1.82, 2.24) is 0 Å². The molecule has 8 nitrogen and oxygen atoms in total. The van der Waals surface area contributed by atoms with Gasteiger partial charge in [-0.25, -0.2) is 0 Å². The molecule has 0 aromatic carbocycles. The van der Waals surface area contributed by atoms with E-state index >= 15 is 0 Å². The van der Waals surface area contributed by atoms with E-state index in [1.54, 1.807) is 0 Å². The predicted octanol–water partition coefficient (Wildman–Crippen LogP) is 9.13. The van der Waals surface area contributed by atoms with Crippen molar-refractivity contribution in [3.63, 3.8) is 0 Å². The summed E-state index contributed by atoms with van der Waals surface area (Å²) in [5, 5.41) is 0. The second kappa shape index (κ2) is 29.9. The summed E-state index contributed by atoms with van der Waals surface area (Å²) < 4.78 is 34.3. The summed E-state index contributed by atoms with van der Waals surface area (Å²) in [6.45, 7) is 5.40. The van der Waals surface area contributed by atoms with Gasteiger partial charge in [0, 0.05) is 13.0 Å². The van der Waals surface area contributed by atoms with Gasteiger partial charge in [0.05, 0.1) is 34.4 Å². The first-order chi connectivity index (χ1) is 21.1. The van der Waals surface area contributed by atoms with Crippen LogP contribution in [0.3, 0.4) is 0 Å². The molecule has 0 amide bonds. The number of quaternary nitrogens is 1. The molecular weight excluding hydrogens is 577 g/mol. The number of esters is 1. The second-order valence-corrected chi connectivity index (χ2v) is 15.0. The molecule has 0 rings (SSSR count). The molecule has 0 saturated carbocycles. The quantitative estimate of drug-likeness (QED) is 0.0297. The third-order valence-corrected chi connectivity index (χ3v) is 8.87. The van der Waals surface area contributed by atoms with Gasteiger partial charge in [-0.2, -0.15) is 0 Å². The largest absolute Gasteiger partial charge is 0.756 e. The van der Waals surface area contributed by atoms with Crippen LogP contribution >= 0.6 is 7.82 Å². The van der Waals surface area contributed by atoms with Gasteiger partial charge in [-0.3, -0.25) is 9.36 Å². The molecular formula is C35H72NO7P. The minimum Gasteiger partial charge on any atom is -0.756 e. The highest BCUT2D eigenvalue weighted by Crippen LogP contribution is 2.38. The Kier molecular flexibility index (Phi) is 29.5. The molecule has 0 fully saturated rings. The van der Waals surface area contributed by atoms with E-state index in [4.69, 9.17) is 18.5 Å². The summed E-state index contributed by atoms with van der Waals surface area (Å²) >= 11 is 0. The summed E-state index contributed by atoms with van der Waals surface area (Å²) in [5.41, 5.74) is 0. The predicted molar refractivity (Wildman–Crippen MR) is 181 cm³/mol. The van der Waals surface area contributed by atoms with Gasteiger partial charge in [-0.1, -0.05) is 142 Å². The molecule has 2 atom stereocenters. The van der Waals surface area contributed by atoms with E-state index in [-0.39, 0.29) is 25.8 Å². The van der Waals surface area contributed by atoms with Crippen molar-refractivity contribution < 1.29 is 37.3 Å². The minimum absolute atomic E-state index is 0.0306. The van der Waals surface area contributed by atoms with Crippen LogP contribution in [-0.4, -0.2) is 70.7 Å². The number of phosphoric acid groups is 1. The van der Waals surface area contributed by atoms with Crippen LogP contribution in [0.15, 0.2) is 0 Å². The first kappa shape index (κ1) is 43.5. The van der Waals surface area contributed by atoms with Crippen LogP contribution < -0.4 is 4.89 Å². The Balaban J connectivity index is 4.25. The monoisotopic (exact) mass is 650 g/mol. The molecule has 9 heteroatoms. The van der Waals surface area contributed by atoms with Crippen LogP contribution in [0.4, 0.5) is 0 Å². The van der Waals surface area contributed by atoms with Gasteiger partial charge in [0.15, 0.2) is 0 Å². The number of ether oxygens (including phenoxy) is 2. The van der Waals surface area contributed by atoms with Crippen molar-refractivity contribution in [1.29, 1.82) is 0 Å². The number of carbonyl (C=O) groups is 1. The molecule has 0 aromatic heterocycles. The van der Waals surface area contributed by atoms with Gasteiger partial charge < -0.3 is 27.9 Å². The van der Waals surface area contributed by atoms with Gasteiger partial charge in [0.25, 0.3) is 7.82 Å². The molecule has 0 aliphatic heterocycles. The summed E-state index contributed by atoms with van der Waals surface area (Å²) in [7, 11) is 1.37. The Labute approximate surface area is 272 Å². The van der Waals surface area contributed by atoms with E-state index in [1.807, 2.05) is 21.1 Å². The summed E-state index contributed by atoms with van der Waals surface area (Å²) in [6.07, 6.45) is 26.8. The fraction of sp³-hybridized carbons (Fsp3) is 0.971. The molecule has 0 bridgehead atoms. The van der Waals surface area contributed by atoms with Gasteiger partial charge in [-0.15, -0.1) is 0 Å². The molecule has 0 aliphatic carbocycles. The van der Waals surface area contributed by atoms with E-state index in [0.717, 1.165) is 32.1 Å². The zero-order valence-electron chi connectivity index (χ0n) is 29.6. The smallest absolute Gasteiger partial charge is 0.306 e. The van der Waals surface area contributed by atoms with Crippen LogP contribution in [0.25, 0.3) is 0 Å². The fourth-order valence-corrected chi connectivity index (χ4v) is 5.74.